The van der Waals surface area contributed by atoms with Gasteiger partial charge < -0.3 is 9.84 Å². The van der Waals surface area contributed by atoms with E-state index in [0.29, 0.717) is 18.8 Å². The summed E-state index contributed by atoms with van der Waals surface area (Å²) < 4.78 is 5.37. The number of carboxylic acids is 1. The molecule has 0 saturated carbocycles. The molecule has 1 aromatic heterocycles. The summed E-state index contributed by atoms with van der Waals surface area (Å²) in [6, 6.07) is 2.13. The fourth-order valence-corrected chi connectivity index (χ4v) is 2.68. The fraction of sp³-hybridized carbons (Fsp3) is 0.538. The van der Waals surface area contributed by atoms with Crippen molar-refractivity contribution in [2.75, 3.05) is 13.2 Å². The lowest BCUT2D eigenvalue weighted by Gasteiger charge is -2.08. The van der Waals surface area contributed by atoms with Crippen LogP contribution in [0.3, 0.4) is 0 Å². The molecule has 4 heteroatoms. The largest absolute Gasteiger partial charge is 0.481 e. The maximum atomic E-state index is 11.0. The Morgan fingerprint density at radius 3 is 3.06 bits per heavy atom. The van der Waals surface area contributed by atoms with E-state index in [9.17, 15) is 4.79 Å². The molecule has 1 aliphatic carbocycles. The van der Waals surface area contributed by atoms with Gasteiger partial charge >= 0.3 is 5.97 Å². The van der Waals surface area contributed by atoms with E-state index in [4.69, 9.17) is 9.84 Å². The molecular formula is C13H15NO3. The van der Waals surface area contributed by atoms with E-state index in [2.05, 4.69) is 11.1 Å². The molecule has 2 aliphatic rings. The van der Waals surface area contributed by atoms with Crippen molar-refractivity contribution in [3.8, 4) is 0 Å². The molecule has 4 nitrogen and oxygen atoms in total. The number of aromatic nitrogens is 1. The minimum absolute atomic E-state index is 0.285. The van der Waals surface area contributed by atoms with Crippen molar-refractivity contribution >= 4 is 5.97 Å². The smallest absolute Gasteiger partial charge is 0.307 e. The Kier molecular flexibility index (Phi) is 2.59. The number of nitrogens with zero attached hydrogens (tertiary/aromatic N) is 1. The summed E-state index contributed by atoms with van der Waals surface area (Å²) in [6.45, 7) is 1.59. The SMILES string of the molecule is O=C(O)C1Cc2cc(C3CCOC3)cnc2C1. The van der Waals surface area contributed by atoms with Gasteiger partial charge in [0, 0.05) is 30.8 Å². The number of rotatable bonds is 2. The summed E-state index contributed by atoms with van der Waals surface area (Å²) in [7, 11) is 0. The van der Waals surface area contributed by atoms with Crippen molar-refractivity contribution in [2.45, 2.75) is 25.2 Å². The van der Waals surface area contributed by atoms with Crippen molar-refractivity contribution in [1.29, 1.82) is 0 Å². The molecule has 0 amide bonds. The zero-order chi connectivity index (χ0) is 11.8. The third-order valence-electron chi connectivity index (χ3n) is 3.74. The van der Waals surface area contributed by atoms with Gasteiger partial charge in [0.05, 0.1) is 12.5 Å². The van der Waals surface area contributed by atoms with E-state index in [1.54, 1.807) is 0 Å². The van der Waals surface area contributed by atoms with Gasteiger partial charge in [0.25, 0.3) is 0 Å². The first kappa shape index (κ1) is 10.7. The molecule has 2 unspecified atom stereocenters. The van der Waals surface area contributed by atoms with Gasteiger partial charge in [0.15, 0.2) is 0 Å². The average Bonchev–Trinajstić information content (AvgIpc) is 2.97. The molecule has 1 aliphatic heterocycles. The quantitative estimate of drug-likeness (QED) is 0.838. The van der Waals surface area contributed by atoms with Crippen LogP contribution >= 0.6 is 0 Å². The number of hydrogen-bond donors (Lipinski definition) is 1. The lowest BCUT2D eigenvalue weighted by atomic mass is 9.98. The summed E-state index contributed by atoms with van der Waals surface area (Å²) >= 11 is 0. The molecule has 1 fully saturated rings. The molecule has 0 spiro atoms. The van der Waals surface area contributed by atoms with Crippen molar-refractivity contribution < 1.29 is 14.6 Å². The maximum absolute atomic E-state index is 11.0. The molecule has 3 rings (SSSR count). The number of pyridine rings is 1. The molecule has 0 aromatic carbocycles. The molecule has 1 saturated heterocycles. The highest BCUT2D eigenvalue weighted by Gasteiger charge is 2.29. The second-order valence-electron chi connectivity index (χ2n) is 4.88. The summed E-state index contributed by atoms with van der Waals surface area (Å²) in [5, 5.41) is 9.02. The Morgan fingerprint density at radius 2 is 2.35 bits per heavy atom. The lowest BCUT2D eigenvalue weighted by molar-refractivity contribution is -0.141. The third-order valence-corrected chi connectivity index (χ3v) is 3.74. The number of aliphatic carboxylic acids is 1. The Bertz CT molecular complexity index is 452. The highest BCUT2D eigenvalue weighted by atomic mass is 16.5. The van der Waals surface area contributed by atoms with E-state index in [1.807, 2.05) is 6.20 Å². The molecular weight excluding hydrogens is 218 g/mol. The predicted octanol–water partition coefficient (Wildman–Crippen LogP) is 1.38. The molecule has 2 heterocycles. The van der Waals surface area contributed by atoms with Gasteiger partial charge in [0.2, 0.25) is 0 Å². The summed E-state index contributed by atoms with van der Waals surface area (Å²) in [5.74, 6) is -0.557. The molecule has 17 heavy (non-hydrogen) atoms. The van der Waals surface area contributed by atoms with Gasteiger partial charge in [-0.3, -0.25) is 9.78 Å². The number of carboxylic acid groups (broad SMARTS) is 1. The Morgan fingerprint density at radius 1 is 1.47 bits per heavy atom. The van der Waals surface area contributed by atoms with E-state index < -0.39 is 5.97 Å². The van der Waals surface area contributed by atoms with E-state index in [0.717, 1.165) is 30.9 Å². The number of ether oxygens (including phenoxy) is 1. The zero-order valence-electron chi connectivity index (χ0n) is 9.56. The maximum Gasteiger partial charge on any atom is 0.307 e. The molecule has 90 valence electrons. The zero-order valence-corrected chi connectivity index (χ0v) is 9.56. The van der Waals surface area contributed by atoms with Gasteiger partial charge in [-0.1, -0.05) is 6.07 Å². The predicted molar refractivity (Wildman–Crippen MR) is 60.9 cm³/mol. The van der Waals surface area contributed by atoms with Crippen LogP contribution in [-0.2, 0) is 22.4 Å². The first-order chi connectivity index (χ1) is 8.24. The third kappa shape index (κ3) is 1.93. The molecule has 1 aromatic rings. The van der Waals surface area contributed by atoms with Crippen LogP contribution in [-0.4, -0.2) is 29.3 Å². The van der Waals surface area contributed by atoms with Crippen LogP contribution in [0, 0.1) is 5.92 Å². The summed E-state index contributed by atoms with van der Waals surface area (Å²) in [4.78, 5) is 15.4. The highest BCUT2D eigenvalue weighted by Crippen LogP contribution is 2.30. The van der Waals surface area contributed by atoms with E-state index in [-0.39, 0.29) is 5.92 Å². The first-order valence-electron chi connectivity index (χ1n) is 6.02. The number of hydrogen-bond acceptors (Lipinski definition) is 3. The highest BCUT2D eigenvalue weighted by molar-refractivity contribution is 5.72. The van der Waals surface area contributed by atoms with Crippen LogP contribution < -0.4 is 0 Å². The first-order valence-corrected chi connectivity index (χ1v) is 6.02. The summed E-state index contributed by atoms with van der Waals surface area (Å²) in [6.07, 6.45) is 4.14. The van der Waals surface area contributed by atoms with Crippen LogP contribution in [0.25, 0.3) is 0 Å². The molecule has 0 bridgehead atoms. The van der Waals surface area contributed by atoms with Crippen LogP contribution in [0.15, 0.2) is 12.3 Å². The molecule has 0 radical (unpaired) electrons. The second kappa shape index (κ2) is 4.11. The van der Waals surface area contributed by atoms with E-state index in [1.165, 1.54) is 5.56 Å². The molecule has 2 atom stereocenters. The monoisotopic (exact) mass is 233 g/mol. The fourth-order valence-electron chi connectivity index (χ4n) is 2.68. The van der Waals surface area contributed by atoms with Gasteiger partial charge in [0.1, 0.15) is 0 Å². The second-order valence-corrected chi connectivity index (χ2v) is 4.88. The van der Waals surface area contributed by atoms with Gasteiger partial charge in [-0.15, -0.1) is 0 Å². The Hall–Kier alpha value is -1.42. The van der Waals surface area contributed by atoms with Crippen molar-refractivity contribution in [1.82, 2.24) is 4.98 Å². The number of fused-ring (bicyclic) bond motifs is 1. The van der Waals surface area contributed by atoms with E-state index >= 15 is 0 Å². The van der Waals surface area contributed by atoms with Crippen molar-refractivity contribution in [3.05, 3.63) is 29.1 Å². The number of carbonyl (C=O) groups is 1. The topological polar surface area (TPSA) is 59.4 Å². The Labute approximate surface area is 99.6 Å². The van der Waals surface area contributed by atoms with Crippen molar-refractivity contribution in [3.63, 3.8) is 0 Å². The molecule has 1 N–H and O–H groups in total. The van der Waals surface area contributed by atoms with Crippen LogP contribution in [0.1, 0.15) is 29.2 Å². The van der Waals surface area contributed by atoms with Gasteiger partial charge in [-0.05, 0) is 24.0 Å². The minimum atomic E-state index is -0.714. The van der Waals surface area contributed by atoms with Crippen LogP contribution in [0.2, 0.25) is 0 Å². The average molecular weight is 233 g/mol. The normalized spacial score (nSPS) is 27.1. The lowest BCUT2D eigenvalue weighted by Crippen LogP contribution is -2.13. The summed E-state index contributed by atoms with van der Waals surface area (Å²) in [5.41, 5.74) is 3.27. The minimum Gasteiger partial charge on any atom is -0.481 e. The van der Waals surface area contributed by atoms with Gasteiger partial charge in [-0.2, -0.15) is 0 Å². The van der Waals surface area contributed by atoms with Gasteiger partial charge in [-0.25, -0.2) is 0 Å². The van der Waals surface area contributed by atoms with Crippen molar-refractivity contribution in [2.24, 2.45) is 5.92 Å². The Balaban J connectivity index is 1.84. The van der Waals surface area contributed by atoms with Crippen LogP contribution in [0.5, 0.6) is 0 Å². The van der Waals surface area contributed by atoms with Crippen LogP contribution in [0.4, 0.5) is 0 Å². The standard InChI is InChI=1S/C13H15NO3/c15-13(16)10-3-9-4-11(6-14-12(9)5-10)8-1-2-17-7-8/h4,6,8,10H,1-3,5,7H2,(H,15,16).